The smallest absolute Gasteiger partial charge is 0.232 e. The van der Waals surface area contributed by atoms with Gasteiger partial charge in [-0.25, -0.2) is 4.98 Å². The van der Waals surface area contributed by atoms with Gasteiger partial charge in [-0.15, -0.1) is 0 Å². The standard InChI is InChI=1S/C18H20N4O2/c1-12-10-13(21-24-12)11-17(23)20-18-19-15-8-4-5-9-16(15)22(18)14-6-2-3-7-14/h4-5,8-10,14H,2-3,6-7,11H2,1H3,(H,19,20,23). The molecule has 0 aliphatic heterocycles. The van der Waals surface area contributed by atoms with E-state index in [9.17, 15) is 4.79 Å². The molecule has 2 aromatic heterocycles. The molecule has 1 N–H and O–H groups in total. The molecule has 1 saturated carbocycles. The fourth-order valence-corrected chi connectivity index (χ4v) is 3.50. The van der Waals surface area contributed by atoms with E-state index in [1.807, 2.05) is 25.1 Å². The first-order valence-electron chi connectivity index (χ1n) is 8.40. The number of amides is 1. The summed E-state index contributed by atoms with van der Waals surface area (Å²) in [7, 11) is 0. The third-order valence-electron chi connectivity index (χ3n) is 4.56. The lowest BCUT2D eigenvalue weighted by atomic mass is 10.2. The van der Waals surface area contributed by atoms with Crippen LogP contribution in [0.5, 0.6) is 0 Å². The number of anilines is 1. The Hall–Kier alpha value is -2.63. The maximum Gasteiger partial charge on any atom is 0.232 e. The molecule has 1 aliphatic carbocycles. The van der Waals surface area contributed by atoms with Gasteiger partial charge >= 0.3 is 0 Å². The van der Waals surface area contributed by atoms with Crippen LogP contribution in [-0.4, -0.2) is 20.6 Å². The van der Waals surface area contributed by atoms with Crippen molar-refractivity contribution in [2.45, 2.75) is 45.1 Å². The molecule has 0 unspecified atom stereocenters. The summed E-state index contributed by atoms with van der Waals surface area (Å²) in [5, 5.41) is 6.84. The maximum absolute atomic E-state index is 12.4. The molecule has 0 saturated heterocycles. The minimum absolute atomic E-state index is 0.127. The molecule has 0 atom stereocenters. The molecule has 6 heteroatoms. The van der Waals surface area contributed by atoms with Crippen LogP contribution < -0.4 is 5.32 Å². The van der Waals surface area contributed by atoms with Crippen molar-refractivity contribution in [1.29, 1.82) is 0 Å². The van der Waals surface area contributed by atoms with Crippen LogP contribution in [0.3, 0.4) is 0 Å². The second-order valence-electron chi connectivity index (χ2n) is 6.39. The van der Waals surface area contributed by atoms with E-state index in [1.165, 1.54) is 12.8 Å². The minimum Gasteiger partial charge on any atom is -0.361 e. The van der Waals surface area contributed by atoms with E-state index in [-0.39, 0.29) is 12.3 Å². The van der Waals surface area contributed by atoms with Gasteiger partial charge < -0.3 is 9.09 Å². The second-order valence-corrected chi connectivity index (χ2v) is 6.39. The molecule has 0 bridgehead atoms. The van der Waals surface area contributed by atoms with Gasteiger partial charge in [-0.3, -0.25) is 10.1 Å². The van der Waals surface area contributed by atoms with Crippen LogP contribution in [0, 0.1) is 6.92 Å². The summed E-state index contributed by atoms with van der Waals surface area (Å²) in [6.45, 7) is 1.81. The second kappa shape index (κ2) is 6.11. The highest BCUT2D eigenvalue weighted by Crippen LogP contribution is 2.35. The molecule has 0 spiro atoms. The van der Waals surface area contributed by atoms with Crippen molar-refractivity contribution in [1.82, 2.24) is 14.7 Å². The van der Waals surface area contributed by atoms with Gasteiger partial charge in [-0.1, -0.05) is 30.1 Å². The van der Waals surface area contributed by atoms with Crippen molar-refractivity contribution >= 4 is 22.9 Å². The van der Waals surface area contributed by atoms with Crippen molar-refractivity contribution in [3.05, 3.63) is 41.8 Å². The average Bonchev–Trinajstić information content (AvgIpc) is 3.26. The number of nitrogens with one attached hydrogen (secondary N) is 1. The Bertz CT molecular complexity index is 874. The first kappa shape index (κ1) is 14.9. The van der Waals surface area contributed by atoms with E-state index in [1.54, 1.807) is 6.07 Å². The Morgan fingerprint density at radius 3 is 2.88 bits per heavy atom. The van der Waals surface area contributed by atoms with E-state index >= 15 is 0 Å². The molecular weight excluding hydrogens is 304 g/mol. The van der Waals surface area contributed by atoms with Crippen LogP contribution >= 0.6 is 0 Å². The fraction of sp³-hybridized carbons (Fsp3) is 0.389. The first-order valence-corrected chi connectivity index (χ1v) is 8.40. The van der Waals surface area contributed by atoms with Crippen molar-refractivity contribution in [2.24, 2.45) is 0 Å². The Labute approximate surface area is 139 Å². The number of rotatable bonds is 4. The summed E-state index contributed by atoms with van der Waals surface area (Å²) in [5.74, 6) is 1.21. The number of para-hydroxylation sites is 2. The average molecular weight is 324 g/mol. The third-order valence-corrected chi connectivity index (χ3v) is 4.56. The lowest BCUT2D eigenvalue weighted by molar-refractivity contribution is -0.115. The molecule has 1 fully saturated rings. The maximum atomic E-state index is 12.4. The molecule has 1 aromatic carbocycles. The van der Waals surface area contributed by atoms with E-state index in [0.717, 1.165) is 23.9 Å². The summed E-state index contributed by atoms with van der Waals surface area (Å²) in [5.41, 5.74) is 2.63. The van der Waals surface area contributed by atoms with Crippen molar-refractivity contribution < 1.29 is 9.32 Å². The van der Waals surface area contributed by atoms with Crippen LogP contribution in [0.2, 0.25) is 0 Å². The van der Waals surface area contributed by atoms with Gasteiger partial charge in [0.15, 0.2) is 0 Å². The lowest BCUT2D eigenvalue weighted by Gasteiger charge is -2.16. The highest BCUT2D eigenvalue weighted by molar-refractivity contribution is 5.92. The third kappa shape index (κ3) is 2.79. The molecule has 0 radical (unpaired) electrons. The van der Waals surface area contributed by atoms with Gasteiger partial charge in [0.25, 0.3) is 0 Å². The Morgan fingerprint density at radius 1 is 1.33 bits per heavy atom. The van der Waals surface area contributed by atoms with Crippen molar-refractivity contribution in [3.63, 3.8) is 0 Å². The number of hydrogen-bond donors (Lipinski definition) is 1. The number of hydrogen-bond acceptors (Lipinski definition) is 4. The van der Waals surface area contributed by atoms with Crippen LogP contribution in [0.4, 0.5) is 5.95 Å². The number of aromatic nitrogens is 3. The number of benzene rings is 1. The number of imidazole rings is 1. The number of fused-ring (bicyclic) bond motifs is 1. The Balaban J connectivity index is 1.63. The predicted octanol–water partition coefficient (Wildman–Crippen LogP) is 3.63. The van der Waals surface area contributed by atoms with Gasteiger partial charge in [0, 0.05) is 12.1 Å². The molecule has 3 aromatic rings. The summed E-state index contributed by atoms with van der Waals surface area (Å²) >= 11 is 0. The first-order chi connectivity index (χ1) is 11.7. The van der Waals surface area contributed by atoms with Gasteiger partial charge in [-0.05, 0) is 31.9 Å². The van der Waals surface area contributed by atoms with Crippen LogP contribution in [0.1, 0.15) is 43.2 Å². The fourth-order valence-electron chi connectivity index (χ4n) is 3.50. The Kier molecular flexibility index (Phi) is 3.80. The number of aryl methyl sites for hydroxylation is 1. The van der Waals surface area contributed by atoms with E-state index in [0.29, 0.717) is 23.4 Å². The molecule has 4 rings (SSSR count). The highest BCUT2D eigenvalue weighted by atomic mass is 16.5. The summed E-state index contributed by atoms with van der Waals surface area (Å²) < 4.78 is 7.21. The largest absolute Gasteiger partial charge is 0.361 e. The normalized spacial score (nSPS) is 15.2. The summed E-state index contributed by atoms with van der Waals surface area (Å²) in [6.07, 6.45) is 4.90. The Morgan fingerprint density at radius 2 is 2.12 bits per heavy atom. The minimum atomic E-state index is -0.127. The topological polar surface area (TPSA) is 73.0 Å². The SMILES string of the molecule is Cc1cc(CC(=O)Nc2nc3ccccc3n2C2CCCC2)no1. The molecule has 2 heterocycles. The zero-order valence-electron chi connectivity index (χ0n) is 13.7. The predicted molar refractivity (Wildman–Crippen MR) is 90.8 cm³/mol. The molecule has 1 aliphatic rings. The molecule has 1 amide bonds. The summed E-state index contributed by atoms with van der Waals surface area (Å²) in [6, 6.07) is 10.2. The zero-order valence-corrected chi connectivity index (χ0v) is 13.7. The van der Waals surface area contributed by atoms with Gasteiger partial charge in [0.1, 0.15) is 5.76 Å². The highest BCUT2D eigenvalue weighted by Gasteiger charge is 2.23. The van der Waals surface area contributed by atoms with Crippen molar-refractivity contribution in [2.75, 3.05) is 5.32 Å². The number of nitrogens with zero attached hydrogens (tertiary/aromatic N) is 3. The molecule has 124 valence electrons. The number of carbonyl (C=O) groups excluding carboxylic acids is 1. The monoisotopic (exact) mass is 324 g/mol. The van der Waals surface area contributed by atoms with Gasteiger partial charge in [-0.2, -0.15) is 0 Å². The van der Waals surface area contributed by atoms with Gasteiger partial charge in [0.05, 0.1) is 23.1 Å². The van der Waals surface area contributed by atoms with Crippen LogP contribution in [0.15, 0.2) is 34.9 Å². The van der Waals surface area contributed by atoms with E-state index in [2.05, 4.69) is 26.1 Å². The quantitative estimate of drug-likeness (QED) is 0.795. The van der Waals surface area contributed by atoms with Crippen LogP contribution in [-0.2, 0) is 11.2 Å². The molecular formula is C18H20N4O2. The van der Waals surface area contributed by atoms with E-state index in [4.69, 9.17) is 4.52 Å². The summed E-state index contributed by atoms with van der Waals surface area (Å²) in [4.78, 5) is 17.0. The molecule has 24 heavy (non-hydrogen) atoms. The molecule has 6 nitrogen and oxygen atoms in total. The van der Waals surface area contributed by atoms with Crippen molar-refractivity contribution in [3.8, 4) is 0 Å². The lowest BCUT2D eigenvalue weighted by Crippen LogP contribution is -2.19. The van der Waals surface area contributed by atoms with E-state index < -0.39 is 0 Å². The van der Waals surface area contributed by atoms with Crippen LogP contribution in [0.25, 0.3) is 11.0 Å². The van der Waals surface area contributed by atoms with Gasteiger partial charge in [0.2, 0.25) is 11.9 Å². The number of carbonyl (C=O) groups is 1. The zero-order chi connectivity index (χ0) is 16.5.